The lowest BCUT2D eigenvalue weighted by atomic mass is 9.80. The Morgan fingerprint density at radius 1 is 1.34 bits per heavy atom. The number of carbonyl (C=O) groups excluding carboxylic acids is 2. The third-order valence-electron chi connectivity index (χ3n) is 6.15. The summed E-state index contributed by atoms with van der Waals surface area (Å²) in [6.07, 6.45) is 2.98. The molecular formula is C21H26ClFN4O2. The van der Waals surface area contributed by atoms with Crippen LogP contribution in [0.2, 0.25) is 5.02 Å². The highest BCUT2D eigenvalue weighted by Gasteiger charge is 2.47. The first kappa shape index (κ1) is 20.0. The van der Waals surface area contributed by atoms with Gasteiger partial charge >= 0.3 is 6.03 Å². The van der Waals surface area contributed by atoms with Crippen molar-refractivity contribution >= 4 is 34.4 Å². The third-order valence-corrected chi connectivity index (χ3v) is 6.38. The van der Waals surface area contributed by atoms with Gasteiger partial charge in [0.05, 0.1) is 12.6 Å². The van der Waals surface area contributed by atoms with Gasteiger partial charge in [-0.1, -0.05) is 11.6 Å². The maximum Gasteiger partial charge on any atom is 0.317 e. The zero-order valence-electron chi connectivity index (χ0n) is 16.5. The van der Waals surface area contributed by atoms with Gasteiger partial charge in [0, 0.05) is 41.8 Å². The SMILES string of the molecule is CN(C(=O)NCc1cc2cc(Cl)ccc2[nH]1)C1CCCN(C(=O)C2(F)CCC2)C1. The lowest BCUT2D eigenvalue weighted by Gasteiger charge is -2.42. The second kappa shape index (κ2) is 7.86. The number of carbonyl (C=O) groups is 2. The van der Waals surface area contributed by atoms with Crippen molar-refractivity contribution in [1.29, 1.82) is 0 Å². The Hall–Kier alpha value is -2.28. The number of rotatable bonds is 4. The van der Waals surface area contributed by atoms with Gasteiger partial charge in [0.25, 0.3) is 5.91 Å². The topological polar surface area (TPSA) is 68.4 Å². The Morgan fingerprint density at radius 3 is 2.86 bits per heavy atom. The van der Waals surface area contributed by atoms with E-state index in [0.29, 0.717) is 37.5 Å². The number of hydrogen-bond donors (Lipinski definition) is 2. The summed E-state index contributed by atoms with van der Waals surface area (Å²) < 4.78 is 14.5. The number of likely N-dealkylation sites (N-methyl/N-ethyl adjacent to an activating group) is 1. The van der Waals surface area contributed by atoms with Gasteiger partial charge in [0.15, 0.2) is 5.67 Å². The van der Waals surface area contributed by atoms with Gasteiger partial charge in [0.1, 0.15) is 0 Å². The first-order valence-corrected chi connectivity index (χ1v) is 10.5. The van der Waals surface area contributed by atoms with Crippen LogP contribution in [0, 0.1) is 0 Å². The van der Waals surface area contributed by atoms with Gasteiger partial charge in [-0.15, -0.1) is 0 Å². The van der Waals surface area contributed by atoms with Crippen LogP contribution in [0.1, 0.15) is 37.8 Å². The molecule has 6 nitrogen and oxygen atoms in total. The summed E-state index contributed by atoms with van der Waals surface area (Å²) in [5.74, 6) is -0.404. The number of H-pyrrole nitrogens is 1. The van der Waals surface area contributed by atoms with Gasteiger partial charge in [-0.05, 0) is 56.4 Å². The minimum absolute atomic E-state index is 0.113. The van der Waals surface area contributed by atoms with E-state index >= 15 is 0 Å². The summed E-state index contributed by atoms with van der Waals surface area (Å²) in [6.45, 7) is 1.31. The van der Waals surface area contributed by atoms with Crippen LogP contribution in [0.5, 0.6) is 0 Å². The Kier molecular flexibility index (Phi) is 5.42. The Bertz CT molecular complexity index is 927. The zero-order chi connectivity index (χ0) is 20.6. The van der Waals surface area contributed by atoms with Crippen molar-refractivity contribution in [2.75, 3.05) is 20.1 Å². The molecule has 156 valence electrons. The highest BCUT2D eigenvalue weighted by Crippen LogP contribution is 2.38. The maximum absolute atomic E-state index is 14.5. The van der Waals surface area contributed by atoms with E-state index in [0.717, 1.165) is 35.9 Å². The summed E-state index contributed by atoms with van der Waals surface area (Å²) >= 11 is 6.02. The number of alkyl halides is 1. The molecule has 8 heteroatoms. The molecule has 2 aliphatic rings. The molecule has 1 atom stereocenters. The van der Waals surface area contributed by atoms with Gasteiger partial charge in [-0.3, -0.25) is 4.79 Å². The van der Waals surface area contributed by atoms with Crippen LogP contribution in [-0.4, -0.2) is 58.6 Å². The summed E-state index contributed by atoms with van der Waals surface area (Å²) in [4.78, 5) is 31.6. The Labute approximate surface area is 174 Å². The number of nitrogens with one attached hydrogen (secondary N) is 2. The first-order valence-electron chi connectivity index (χ1n) is 10.1. The molecule has 2 aromatic rings. The molecule has 0 radical (unpaired) electrons. The van der Waals surface area contributed by atoms with Crippen molar-refractivity contribution in [3.63, 3.8) is 0 Å². The van der Waals surface area contributed by atoms with Crippen molar-refractivity contribution in [3.05, 3.63) is 35.0 Å². The molecule has 2 N–H and O–H groups in total. The monoisotopic (exact) mass is 420 g/mol. The predicted molar refractivity (Wildman–Crippen MR) is 111 cm³/mol. The van der Waals surface area contributed by atoms with Crippen molar-refractivity contribution in [2.45, 2.75) is 50.4 Å². The van der Waals surface area contributed by atoms with Gasteiger partial charge in [-0.25, -0.2) is 9.18 Å². The van der Waals surface area contributed by atoms with Crippen LogP contribution in [0.15, 0.2) is 24.3 Å². The van der Waals surface area contributed by atoms with Crippen molar-refractivity contribution in [3.8, 4) is 0 Å². The number of likely N-dealkylation sites (tertiary alicyclic amines) is 1. The number of halogens is 2. The third kappa shape index (κ3) is 4.06. The summed E-state index contributed by atoms with van der Waals surface area (Å²) in [7, 11) is 1.73. The molecule has 0 spiro atoms. The van der Waals surface area contributed by atoms with Crippen molar-refractivity contribution in [2.24, 2.45) is 0 Å². The fourth-order valence-corrected chi connectivity index (χ4v) is 4.34. The summed E-state index contributed by atoms with van der Waals surface area (Å²) in [5.41, 5.74) is 0.166. The van der Waals surface area contributed by atoms with E-state index in [-0.39, 0.29) is 12.1 Å². The number of piperidine rings is 1. The molecule has 1 saturated carbocycles. The van der Waals surface area contributed by atoms with E-state index in [4.69, 9.17) is 11.6 Å². The molecule has 2 heterocycles. The molecule has 1 aromatic carbocycles. The molecule has 1 saturated heterocycles. The number of benzene rings is 1. The van der Waals surface area contributed by atoms with Gasteiger partial charge in [0.2, 0.25) is 0 Å². The van der Waals surface area contributed by atoms with Crippen molar-refractivity contribution < 1.29 is 14.0 Å². The zero-order valence-corrected chi connectivity index (χ0v) is 17.3. The highest BCUT2D eigenvalue weighted by atomic mass is 35.5. The largest absolute Gasteiger partial charge is 0.357 e. The first-order chi connectivity index (χ1) is 13.9. The lowest BCUT2D eigenvalue weighted by molar-refractivity contribution is -0.151. The number of fused-ring (bicyclic) bond motifs is 1. The smallest absolute Gasteiger partial charge is 0.317 e. The Balaban J connectivity index is 1.33. The minimum Gasteiger partial charge on any atom is -0.357 e. The molecule has 1 aliphatic heterocycles. The molecular weight excluding hydrogens is 395 g/mol. The second-order valence-corrected chi connectivity index (χ2v) is 8.60. The van der Waals surface area contributed by atoms with Crippen LogP contribution in [0.4, 0.5) is 9.18 Å². The molecule has 29 heavy (non-hydrogen) atoms. The van der Waals surface area contributed by atoms with E-state index in [1.807, 2.05) is 24.3 Å². The van der Waals surface area contributed by atoms with E-state index in [2.05, 4.69) is 10.3 Å². The van der Waals surface area contributed by atoms with E-state index < -0.39 is 11.6 Å². The molecule has 4 rings (SSSR count). The van der Waals surface area contributed by atoms with Crippen LogP contribution in [0.25, 0.3) is 10.9 Å². The fourth-order valence-electron chi connectivity index (χ4n) is 4.16. The second-order valence-electron chi connectivity index (χ2n) is 8.16. The minimum atomic E-state index is -1.68. The maximum atomic E-state index is 14.5. The molecule has 1 aliphatic carbocycles. The van der Waals surface area contributed by atoms with Crippen LogP contribution in [0.3, 0.4) is 0 Å². The van der Waals surface area contributed by atoms with Crippen LogP contribution >= 0.6 is 11.6 Å². The quantitative estimate of drug-likeness (QED) is 0.788. The molecule has 2 fully saturated rings. The van der Waals surface area contributed by atoms with Crippen LogP contribution < -0.4 is 5.32 Å². The van der Waals surface area contributed by atoms with Gasteiger partial charge < -0.3 is 20.1 Å². The predicted octanol–water partition coefficient (Wildman–Crippen LogP) is 3.85. The van der Waals surface area contributed by atoms with Gasteiger partial charge in [-0.2, -0.15) is 0 Å². The standard InChI is InChI=1S/C21H26ClFN4O2/c1-26(17-4-2-9-27(13-17)19(28)21(23)7-3-8-21)20(29)24-12-16-11-14-10-15(22)5-6-18(14)25-16/h5-6,10-11,17,25H,2-4,7-9,12-13H2,1H3,(H,24,29). The lowest BCUT2D eigenvalue weighted by Crippen LogP contribution is -2.57. The number of amides is 3. The van der Waals surface area contributed by atoms with Crippen molar-refractivity contribution in [1.82, 2.24) is 20.1 Å². The summed E-state index contributed by atoms with van der Waals surface area (Å²) in [6, 6.07) is 7.23. The number of nitrogens with zero attached hydrogens (tertiary/aromatic N) is 2. The average Bonchev–Trinajstić information content (AvgIpc) is 3.11. The van der Waals surface area contributed by atoms with E-state index in [1.165, 1.54) is 0 Å². The number of urea groups is 1. The molecule has 3 amide bonds. The normalized spacial score (nSPS) is 20.9. The molecule has 1 aromatic heterocycles. The molecule has 0 bridgehead atoms. The number of aromatic amines is 1. The van der Waals surface area contributed by atoms with E-state index in [9.17, 15) is 14.0 Å². The molecule has 1 unspecified atom stereocenters. The Morgan fingerprint density at radius 2 is 2.14 bits per heavy atom. The number of hydrogen-bond acceptors (Lipinski definition) is 2. The van der Waals surface area contributed by atoms with Crippen LogP contribution in [-0.2, 0) is 11.3 Å². The van der Waals surface area contributed by atoms with E-state index in [1.54, 1.807) is 16.8 Å². The highest BCUT2D eigenvalue weighted by molar-refractivity contribution is 6.31. The summed E-state index contributed by atoms with van der Waals surface area (Å²) in [5, 5.41) is 4.57. The fraction of sp³-hybridized carbons (Fsp3) is 0.524. The average molecular weight is 421 g/mol. The number of aromatic nitrogens is 1.